The molecule has 1 fully saturated rings. The van der Waals surface area contributed by atoms with Crippen LogP contribution in [-0.4, -0.2) is 62.7 Å². The Balaban J connectivity index is 1.44. The van der Waals surface area contributed by atoms with E-state index in [1.165, 1.54) is 0 Å². The lowest BCUT2D eigenvalue weighted by Gasteiger charge is -2.41. The van der Waals surface area contributed by atoms with Crippen LogP contribution in [0.4, 0.5) is 0 Å². The van der Waals surface area contributed by atoms with Gasteiger partial charge in [-0.05, 0) is 30.5 Å². The average Bonchev–Trinajstić information content (AvgIpc) is 3.58. The van der Waals surface area contributed by atoms with Gasteiger partial charge in [0.2, 0.25) is 5.91 Å². The largest absolute Gasteiger partial charge is 0.348 e. The number of hydrogen-bond acceptors (Lipinski definition) is 4. The summed E-state index contributed by atoms with van der Waals surface area (Å²) in [5.74, 6) is -0.497. The van der Waals surface area contributed by atoms with Crippen LogP contribution in [0.25, 0.3) is 0 Å². The van der Waals surface area contributed by atoms with Gasteiger partial charge in [0.05, 0.1) is 12.4 Å². The molecule has 3 amide bonds. The van der Waals surface area contributed by atoms with Gasteiger partial charge in [-0.2, -0.15) is 0 Å². The highest BCUT2D eigenvalue weighted by molar-refractivity contribution is 6.05. The summed E-state index contributed by atoms with van der Waals surface area (Å²) in [6.45, 7) is 0.730. The molecule has 0 radical (unpaired) electrons. The summed E-state index contributed by atoms with van der Waals surface area (Å²) in [5.41, 5.74) is 2.79. The smallest absolute Gasteiger partial charge is 0.271 e. The maximum atomic E-state index is 13.6. The third-order valence-electron chi connectivity index (χ3n) is 6.47. The number of amides is 3. The zero-order chi connectivity index (χ0) is 24.2. The Labute approximate surface area is 203 Å². The van der Waals surface area contributed by atoms with Crippen molar-refractivity contribution < 1.29 is 14.4 Å². The maximum Gasteiger partial charge on any atom is 0.271 e. The molecule has 8 heteroatoms. The normalized spacial score (nSPS) is 18.3. The molecule has 2 aliphatic rings. The fourth-order valence-electron chi connectivity index (χ4n) is 4.76. The minimum Gasteiger partial charge on any atom is -0.348 e. The Kier molecular flexibility index (Phi) is 6.43. The van der Waals surface area contributed by atoms with E-state index in [9.17, 15) is 14.4 Å². The SMILES string of the molecule is O=C(NC(Cc1ccccc1)CN1C(=O)C2=CCCN2C(=O)C1Cc1cnc[nH]1)c1ccccc1. The van der Waals surface area contributed by atoms with Crippen LogP contribution in [0.1, 0.15) is 28.0 Å². The second-order valence-electron chi connectivity index (χ2n) is 8.85. The Morgan fingerprint density at radius 2 is 1.83 bits per heavy atom. The van der Waals surface area contributed by atoms with Gasteiger partial charge in [0, 0.05) is 37.0 Å². The predicted octanol–water partition coefficient (Wildman–Crippen LogP) is 2.32. The molecule has 35 heavy (non-hydrogen) atoms. The van der Waals surface area contributed by atoms with Crippen molar-refractivity contribution in [2.24, 2.45) is 0 Å². The molecule has 0 bridgehead atoms. The molecule has 2 unspecified atom stereocenters. The van der Waals surface area contributed by atoms with Crippen molar-refractivity contribution in [1.29, 1.82) is 0 Å². The molecule has 0 saturated carbocycles. The molecule has 1 aromatic heterocycles. The summed E-state index contributed by atoms with van der Waals surface area (Å²) in [6.07, 6.45) is 6.58. The molecule has 0 aliphatic carbocycles. The van der Waals surface area contributed by atoms with Gasteiger partial charge in [-0.15, -0.1) is 0 Å². The number of rotatable bonds is 8. The van der Waals surface area contributed by atoms with Crippen molar-refractivity contribution >= 4 is 17.7 Å². The van der Waals surface area contributed by atoms with E-state index in [4.69, 9.17) is 0 Å². The number of carbonyl (C=O) groups excluding carboxylic acids is 3. The second-order valence-corrected chi connectivity index (χ2v) is 8.85. The van der Waals surface area contributed by atoms with Crippen molar-refractivity contribution in [3.05, 3.63) is 102 Å². The lowest BCUT2D eigenvalue weighted by molar-refractivity contribution is -0.150. The van der Waals surface area contributed by atoms with E-state index in [1.54, 1.807) is 34.5 Å². The van der Waals surface area contributed by atoms with Gasteiger partial charge in [0.1, 0.15) is 11.7 Å². The molecular weight excluding hydrogens is 442 g/mol. The van der Waals surface area contributed by atoms with Gasteiger partial charge in [0.25, 0.3) is 11.8 Å². The number of imidazole rings is 1. The van der Waals surface area contributed by atoms with Crippen LogP contribution in [0, 0.1) is 0 Å². The molecule has 1 saturated heterocycles. The first kappa shape index (κ1) is 22.6. The number of benzene rings is 2. The molecule has 2 atom stereocenters. The zero-order valence-electron chi connectivity index (χ0n) is 19.3. The van der Waals surface area contributed by atoms with Gasteiger partial charge in [0.15, 0.2) is 0 Å². The molecule has 8 nitrogen and oxygen atoms in total. The number of aromatic amines is 1. The lowest BCUT2D eigenvalue weighted by atomic mass is 10.00. The third-order valence-corrected chi connectivity index (χ3v) is 6.47. The van der Waals surface area contributed by atoms with E-state index in [1.807, 2.05) is 54.6 Å². The summed E-state index contributed by atoms with van der Waals surface area (Å²) in [4.78, 5) is 50.4. The highest BCUT2D eigenvalue weighted by atomic mass is 16.2. The topological polar surface area (TPSA) is 98.4 Å². The number of nitrogens with zero attached hydrogens (tertiary/aromatic N) is 3. The first-order valence-corrected chi connectivity index (χ1v) is 11.8. The lowest BCUT2D eigenvalue weighted by Crippen LogP contribution is -2.61. The molecule has 2 aromatic carbocycles. The molecule has 5 rings (SSSR count). The van der Waals surface area contributed by atoms with E-state index in [-0.39, 0.29) is 30.3 Å². The molecule has 3 aromatic rings. The number of hydrogen-bond donors (Lipinski definition) is 2. The quantitative estimate of drug-likeness (QED) is 0.529. The van der Waals surface area contributed by atoms with Crippen molar-refractivity contribution in [1.82, 2.24) is 25.1 Å². The van der Waals surface area contributed by atoms with Crippen LogP contribution in [0.3, 0.4) is 0 Å². The van der Waals surface area contributed by atoms with Crippen molar-refractivity contribution in [2.45, 2.75) is 31.3 Å². The second kappa shape index (κ2) is 9.97. The number of nitrogens with one attached hydrogen (secondary N) is 2. The summed E-state index contributed by atoms with van der Waals surface area (Å²) in [6, 6.07) is 17.8. The number of H-pyrrole nitrogens is 1. The Morgan fingerprint density at radius 3 is 2.54 bits per heavy atom. The van der Waals surface area contributed by atoms with Crippen LogP contribution in [0.15, 0.2) is 85.0 Å². The van der Waals surface area contributed by atoms with Crippen LogP contribution in [0.5, 0.6) is 0 Å². The monoisotopic (exact) mass is 469 g/mol. The molecular formula is C27H27N5O3. The standard InChI is InChI=1S/C27H27N5O3/c33-25(20-10-5-2-6-11-20)30-22(14-19-8-3-1-4-9-19)17-32-24(15-21-16-28-18-29-21)27(35)31-13-7-12-23(31)26(32)34/h1-6,8-12,16,18,22,24H,7,13-15,17H2,(H,28,29)(H,30,33). The van der Waals surface area contributed by atoms with Crippen LogP contribution >= 0.6 is 0 Å². The average molecular weight is 470 g/mol. The van der Waals surface area contributed by atoms with Gasteiger partial charge in [-0.3, -0.25) is 14.4 Å². The van der Waals surface area contributed by atoms with Crippen LogP contribution < -0.4 is 5.32 Å². The minimum absolute atomic E-state index is 0.101. The molecule has 2 N–H and O–H groups in total. The number of carbonyl (C=O) groups is 3. The van der Waals surface area contributed by atoms with Crippen molar-refractivity contribution in [2.75, 3.05) is 13.1 Å². The molecule has 178 valence electrons. The van der Waals surface area contributed by atoms with E-state index in [0.717, 1.165) is 11.3 Å². The summed E-state index contributed by atoms with van der Waals surface area (Å²) >= 11 is 0. The van der Waals surface area contributed by atoms with Crippen LogP contribution in [0.2, 0.25) is 0 Å². The molecule has 2 aliphatic heterocycles. The number of aromatic nitrogens is 2. The van der Waals surface area contributed by atoms with Crippen LogP contribution in [-0.2, 0) is 22.4 Å². The summed E-state index contributed by atoms with van der Waals surface area (Å²) in [7, 11) is 0. The van der Waals surface area contributed by atoms with Crippen molar-refractivity contribution in [3.8, 4) is 0 Å². The Morgan fingerprint density at radius 1 is 1.09 bits per heavy atom. The first-order chi connectivity index (χ1) is 17.1. The zero-order valence-corrected chi connectivity index (χ0v) is 19.3. The van der Waals surface area contributed by atoms with E-state index in [2.05, 4.69) is 15.3 Å². The van der Waals surface area contributed by atoms with E-state index < -0.39 is 6.04 Å². The maximum absolute atomic E-state index is 13.6. The Hall–Kier alpha value is -4.20. The van der Waals surface area contributed by atoms with Crippen molar-refractivity contribution in [3.63, 3.8) is 0 Å². The summed E-state index contributed by atoms with van der Waals surface area (Å²) in [5, 5.41) is 3.11. The minimum atomic E-state index is -0.676. The Bertz CT molecular complexity index is 1220. The molecule has 0 spiro atoms. The van der Waals surface area contributed by atoms with E-state index in [0.29, 0.717) is 37.1 Å². The van der Waals surface area contributed by atoms with Gasteiger partial charge in [-0.25, -0.2) is 4.98 Å². The fourth-order valence-corrected chi connectivity index (χ4v) is 4.76. The number of fused-ring (bicyclic) bond motifs is 1. The highest BCUT2D eigenvalue weighted by Crippen LogP contribution is 2.28. The number of piperazine rings is 1. The summed E-state index contributed by atoms with van der Waals surface area (Å²) < 4.78 is 0. The van der Waals surface area contributed by atoms with Gasteiger partial charge in [-0.1, -0.05) is 54.6 Å². The first-order valence-electron chi connectivity index (χ1n) is 11.8. The third kappa shape index (κ3) is 4.87. The highest BCUT2D eigenvalue weighted by Gasteiger charge is 2.44. The van der Waals surface area contributed by atoms with Gasteiger partial charge >= 0.3 is 0 Å². The molecule has 3 heterocycles. The predicted molar refractivity (Wildman–Crippen MR) is 130 cm³/mol. The van der Waals surface area contributed by atoms with E-state index >= 15 is 0 Å². The van der Waals surface area contributed by atoms with Gasteiger partial charge < -0.3 is 20.1 Å². The fraction of sp³-hybridized carbons (Fsp3) is 0.259.